The molecule has 0 spiro atoms. The summed E-state index contributed by atoms with van der Waals surface area (Å²) >= 11 is 0. The van der Waals surface area contributed by atoms with Crippen LogP contribution in [0.25, 0.3) is 0 Å². The molecule has 0 radical (unpaired) electrons. The molecule has 2 N–H and O–H groups in total. The summed E-state index contributed by atoms with van der Waals surface area (Å²) in [7, 11) is -4.61. The molecular formula is C17H24FN3O8S. The Morgan fingerprint density at radius 3 is 2.47 bits per heavy atom. The second-order valence-corrected chi connectivity index (χ2v) is 9.08. The number of likely N-dealkylation sites (tertiary alicyclic amines) is 1. The van der Waals surface area contributed by atoms with Crippen LogP contribution < -0.4 is 9.46 Å². The first kappa shape index (κ1) is 23.6. The number of rotatable bonds is 6. The molecule has 1 aromatic rings. The second kappa shape index (κ2) is 8.60. The van der Waals surface area contributed by atoms with Gasteiger partial charge < -0.3 is 14.4 Å². The lowest BCUT2D eigenvalue weighted by Gasteiger charge is -2.36. The van der Waals surface area contributed by atoms with E-state index in [0.29, 0.717) is 0 Å². The maximum absolute atomic E-state index is 15.1. The Morgan fingerprint density at radius 1 is 1.37 bits per heavy atom. The SMILES string of the molecule is CC(C)(C)OC(=O)N1CCC(F)(COc2ccc(NS(=O)(=O)O)cc2[N+](=O)[O-])CC1. The zero-order valence-corrected chi connectivity index (χ0v) is 17.6. The molecule has 2 rings (SSSR count). The molecule has 11 nitrogen and oxygen atoms in total. The van der Waals surface area contributed by atoms with Gasteiger partial charge in [0.15, 0.2) is 5.75 Å². The van der Waals surface area contributed by atoms with Crippen molar-refractivity contribution in [3.05, 3.63) is 28.3 Å². The van der Waals surface area contributed by atoms with E-state index in [0.717, 1.165) is 18.2 Å². The summed E-state index contributed by atoms with van der Waals surface area (Å²) in [6.07, 6.45) is -0.617. The van der Waals surface area contributed by atoms with Crippen molar-refractivity contribution >= 4 is 27.8 Å². The zero-order valence-electron chi connectivity index (χ0n) is 16.8. The first-order valence-corrected chi connectivity index (χ1v) is 10.4. The maximum atomic E-state index is 15.1. The largest absolute Gasteiger partial charge is 0.483 e. The van der Waals surface area contributed by atoms with Gasteiger partial charge in [-0.3, -0.25) is 19.4 Å². The van der Waals surface area contributed by atoms with E-state index in [1.807, 2.05) is 0 Å². The number of nitrogens with one attached hydrogen (secondary N) is 1. The predicted octanol–water partition coefficient (Wildman–Crippen LogP) is 2.93. The number of hydrogen-bond donors (Lipinski definition) is 2. The van der Waals surface area contributed by atoms with E-state index in [1.165, 1.54) is 4.90 Å². The average Bonchev–Trinajstić information content (AvgIpc) is 2.58. The molecule has 1 aliphatic heterocycles. The summed E-state index contributed by atoms with van der Waals surface area (Å²) < 4.78 is 57.8. The number of piperidine rings is 1. The third-order valence-electron chi connectivity index (χ3n) is 4.20. The fourth-order valence-corrected chi connectivity index (χ4v) is 3.19. The van der Waals surface area contributed by atoms with Crippen LogP contribution in [0.3, 0.4) is 0 Å². The molecule has 1 fully saturated rings. The van der Waals surface area contributed by atoms with Gasteiger partial charge in [0.05, 0.1) is 10.6 Å². The van der Waals surface area contributed by atoms with Crippen molar-refractivity contribution in [1.29, 1.82) is 0 Å². The van der Waals surface area contributed by atoms with Crippen molar-refractivity contribution in [3.63, 3.8) is 0 Å². The van der Waals surface area contributed by atoms with Crippen LogP contribution in [0.4, 0.5) is 20.6 Å². The summed E-state index contributed by atoms with van der Waals surface area (Å²) in [5.74, 6) is -0.257. The highest BCUT2D eigenvalue weighted by atomic mass is 32.2. The molecule has 0 aliphatic carbocycles. The molecule has 168 valence electrons. The third-order valence-corrected chi connectivity index (χ3v) is 4.69. The second-order valence-electron chi connectivity index (χ2n) is 7.92. The monoisotopic (exact) mass is 449 g/mol. The van der Waals surface area contributed by atoms with Gasteiger partial charge in [-0.25, -0.2) is 9.18 Å². The fraction of sp³-hybridized carbons (Fsp3) is 0.588. The molecule has 1 aromatic carbocycles. The van der Waals surface area contributed by atoms with Crippen molar-refractivity contribution in [2.75, 3.05) is 24.4 Å². The number of anilines is 1. The number of carbonyl (C=O) groups is 1. The number of alkyl halides is 1. The molecule has 0 bridgehead atoms. The van der Waals surface area contributed by atoms with E-state index >= 15 is 4.39 Å². The molecule has 0 atom stereocenters. The Hall–Kier alpha value is -2.67. The number of nitrogens with zero attached hydrogens (tertiary/aromatic N) is 2. The predicted molar refractivity (Wildman–Crippen MR) is 105 cm³/mol. The van der Waals surface area contributed by atoms with E-state index in [2.05, 4.69) is 0 Å². The van der Waals surface area contributed by atoms with Crippen molar-refractivity contribution in [2.45, 2.75) is 44.9 Å². The fourth-order valence-electron chi connectivity index (χ4n) is 2.76. The van der Waals surface area contributed by atoms with Crippen LogP contribution in [0.2, 0.25) is 0 Å². The number of amides is 1. The number of carbonyl (C=O) groups excluding carboxylic acids is 1. The Balaban J connectivity index is 2.01. The van der Waals surface area contributed by atoms with E-state index in [-0.39, 0.29) is 37.4 Å². The zero-order chi connectivity index (χ0) is 22.7. The van der Waals surface area contributed by atoms with Crippen molar-refractivity contribution < 1.29 is 36.6 Å². The molecule has 13 heteroatoms. The number of nitro benzene ring substituents is 1. The van der Waals surface area contributed by atoms with E-state index in [1.54, 1.807) is 25.5 Å². The molecule has 1 amide bonds. The van der Waals surface area contributed by atoms with Crippen molar-refractivity contribution in [2.24, 2.45) is 0 Å². The third kappa shape index (κ3) is 6.99. The molecule has 1 saturated heterocycles. The Labute approximate surface area is 173 Å². The Bertz CT molecular complexity index is 908. The lowest BCUT2D eigenvalue weighted by atomic mass is 9.94. The lowest BCUT2D eigenvalue weighted by Crippen LogP contribution is -2.48. The minimum absolute atomic E-state index is 0.0393. The smallest absolute Gasteiger partial charge is 0.410 e. The van der Waals surface area contributed by atoms with E-state index in [9.17, 15) is 23.3 Å². The highest BCUT2D eigenvalue weighted by Gasteiger charge is 2.38. The molecule has 30 heavy (non-hydrogen) atoms. The van der Waals surface area contributed by atoms with Gasteiger partial charge in [-0.15, -0.1) is 0 Å². The van der Waals surface area contributed by atoms with Crippen LogP contribution in [0, 0.1) is 10.1 Å². The van der Waals surface area contributed by atoms with Gasteiger partial charge in [0.25, 0.3) is 0 Å². The van der Waals surface area contributed by atoms with Gasteiger partial charge >= 0.3 is 22.1 Å². The first-order chi connectivity index (χ1) is 13.7. The van der Waals surface area contributed by atoms with Gasteiger partial charge in [0.1, 0.15) is 17.9 Å². The van der Waals surface area contributed by atoms with Gasteiger partial charge in [-0.05, 0) is 32.9 Å². The molecule has 0 aromatic heterocycles. The van der Waals surface area contributed by atoms with Crippen LogP contribution in [0.1, 0.15) is 33.6 Å². The average molecular weight is 449 g/mol. The van der Waals surface area contributed by atoms with Crippen LogP contribution in [0.5, 0.6) is 5.75 Å². The molecular weight excluding hydrogens is 425 g/mol. The number of ether oxygens (including phenoxy) is 2. The van der Waals surface area contributed by atoms with Crippen LogP contribution in [-0.4, -0.2) is 59.9 Å². The topological polar surface area (TPSA) is 148 Å². The molecule has 1 aliphatic rings. The minimum atomic E-state index is -4.61. The quantitative estimate of drug-likeness (QED) is 0.382. The molecule has 1 heterocycles. The van der Waals surface area contributed by atoms with Crippen molar-refractivity contribution in [1.82, 2.24) is 4.90 Å². The van der Waals surface area contributed by atoms with Gasteiger partial charge in [-0.1, -0.05) is 0 Å². The maximum Gasteiger partial charge on any atom is 0.410 e. The van der Waals surface area contributed by atoms with Crippen LogP contribution >= 0.6 is 0 Å². The summed E-state index contributed by atoms with van der Waals surface area (Å²) in [5.41, 5.74) is -3.33. The summed E-state index contributed by atoms with van der Waals surface area (Å²) in [6, 6.07) is 3.08. The summed E-state index contributed by atoms with van der Waals surface area (Å²) in [6.45, 7) is 4.91. The van der Waals surface area contributed by atoms with Crippen LogP contribution in [-0.2, 0) is 15.0 Å². The molecule has 0 unspecified atom stereocenters. The Morgan fingerprint density at radius 2 is 1.97 bits per heavy atom. The number of benzene rings is 1. The van der Waals surface area contributed by atoms with E-state index in [4.69, 9.17) is 14.0 Å². The lowest BCUT2D eigenvalue weighted by molar-refractivity contribution is -0.385. The van der Waals surface area contributed by atoms with Crippen LogP contribution in [0.15, 0.2) is 18.2 Å². The van der Waals surface area contributed by atoms with E-state index < -0.39 is 44.9 Å². The standard InChI is InChI=1S/C17H24FN3O8S/c1-16(2,3)29-15(22)20-8-6-17(18,7-9-20)11-28-14-5-4-12(19-30(25,26)27)10-13(14)21(23)24/h4-5,10,19H,6-9,11H2,1-3H3,(H,25,26,27). The summed E-state index contributed by atoms with van der Waals surface area (Å²) in [5, 5.41) is 11.2. The minimum Gasteiger partial charge on any atom is -0.483 e. The number of halogens is 1. The van der Waals surface area contributed by atoms with Crippen molar-refractivity contribution in [3.8, 4) is 5.75 Å². The van der Waals surface area contributed by atoms with Gasteiger partial charge in [-0.2, -0.15) is 8.42 Å². The Kier molecular flexibility index (Phi) is 6.76. The first-order valence-electron chi connectivity index (χ1n) is 9.01. The highest BCUT2D eigenvalue weighted by Crippen LogP contribution is 2.33. The van der Waals surface area contributed by atoms with Gasteiger partial charge in [0.2, 0.25) is 0 Å². The number of nitro groups is 1. The highest BCUT2D eigenvalue weighted by molar-refractivity contribution is 7.87. The number of hydrogen-bond acceptors (Lipinski definition) is 7. The van der Waals surface area contributed by atoms with Gasteiger partial charge in [0, 0.05) is 32.0 Å². The molecule has 0 saturated carbocycles. The normalized spacial score (nSPS) is 16.6. The summed E-state index contributed by atoms with van der Waals surface area (Å²) in [4.78, 5) is 23.9.